The first kappa shape index (κ1) is 23.8. The Bertz CT molecular complexity index is 1050. The van der Waals surface area contributed by atoms with Crippen molar-refractivity contribution in [1.29, 1.82) is 0 Å². The summed E-state index contributed by atoms with van der Waals surface area (Å²) in [5, 5.41) is 12.7. The molecule has 1 fully saturated rings. The molecule has 0 radical (unpaired) electrons. The van der Waals surface area contributed by atoms with E-state index in [2.05, 4.69) is 45.5 Å². The molecule has 1 saturated heterocycles. The highest BCUT2D eigenvalue weighted by Crippen LogP contribution is 2.24. The number of carbonyl (C=O) groups excluding carboxylic acids is 2. The Balaban J connectivity index is 1.33. The number of rotatable bonds is 7. The topological polar surface area (TPSA) is 82.3 Å². The zero-order valence-corrected chi connectivity index (χ0v) is 19.6. The van der Waals surface area contributed by atoms with Crippen LogP contribution in [0.4, 0.5) is 10.5 Å². The van der Waals surface area contributed by atoms with Crippen molar-refractivity contribution in [2.75, 3.05) is 25.0 Å². The summed E-state index contributed by atoms with van der Waals surface area (Å²) >= 11 is 5.98. The van der Waals surface area contributed by atoms with Crippen LogP contribution >= 0.6 is 11.6 Å². The molecule has 176 valence electrons. The number of nitrogens with one attached hydrogen (secondary N) is 4. The highest BCUT2D eigenvalue weighted by Gasteiger charge is 2.28. The molecule has 3 amide bonds. The Labute approximate surface area is 205 Å². The average Bonchev–Trinajstić information content (AvgIpc) is 2.85. The maximum Gasteiger partial charge on any atom is 0.319 e. The van der Waals surface area contributed by atoms with Crippen LogP contribution < -0.4 is 21.3 Å². The van der Waals surface area contributed by atoms with Crippen molar-refractivity contribution in [1.82, 2.24) is 16.0 Å². The number of piperidine rings is 1. The first-order valence-corrected chi connectivity index (χ1v) is 11.9. The zero-order valence-electron chi connectivity index (χ0n) is 18.8. The highest BCUT2D eigenvalue weighted by molar-refractivity contribution is 6.30. The standard InChI is InChI=1S/C27H29ClN4O2/c28-22-12-7-13-23(15-22)31-27(34)32-24-14-21(16-29-17-24)26(33)30-18-25(19-8-3-1-4-9-19)20-10-5-2-6-11-20/h1-13,15,21,24-25,29H,14,16-18H2,(H,30,33)(H2,31,32,34)/t21-,24?/m0/s1. The van der Waals surface area contributed by atoms with Crippen LogP contribution in [0.25, 0.3) is 0 Å². The van der Waals surface area contributed by atoms with E-state index >= 15 is 0 Å². The number of hydrogen-bond donors (Lipinski definition) is 4. The van der Waals surface area contributed by atoms with Crippen LogP contribution in [0.3, 0.4) is 0 Å². The summed E-state index contributed by atoms with van der Waals surface area (Å²) in [6.07, 6.45) is 0.573. The lowest BCUT2D eigenvalue weighted by atomic mass is 9.90. The van der Waals surface area contributed by atoms with Crippen LogP contribution in [-0.4, -0.2) is 37.6 Å². The fourth-order valence-corrected chi connectivity index (χ4v) is 4.51. The Morgan fingerprint density at radius 3 is 2.24 bits per heavy atom. The molecule has 0 saturated carbocycles. The fraction of sp³-hybridized carbons (Fsp3) is 0.259. The van der Waals surface area contributed by atoms with Crippen molar-refractivity contribution in [3.8, 4) is 0 Å². The largest absolute Gasteiger partial charge is 0.355 e. The van der Waals surface area contributed by atoms with Gasteiger partial charge < -0.3 is 21.3 Å². The van der Waals surface area contributed by atoms with E-state index in [1.54, 1.807) is 24.3 Å². The number of halogens is 1. The Morgan fingerprint density at radius 2 is 1.59 bits per heavy atom. The van der Waals surface area contributed by atoms with Crippen molar-refractivity contribution in [3.05, 3.63) is 101 Å². The average molecular weight is 477 g/mol. The first-order chi connectivity index (χ1) is 16.6. The molecule has 4 rings (SSSR count). The van der Waals surface area contributed by atoms with E-state index in [9.17, 15) is 9.59 Å². The van der Waals surface area contributed by atoms with Crippen LogP contribution in [0.15, 0.2) is 84.9 Å². The summed E-state index contributed by atoms with van der Waals surface area (Å²) in [5.41, 5.74) is 2.94. The smallest absolute Gasteiger partial charge is 0.319 e. The van der Waals surface area contributed by atoms with Crippen LogP contribution in [-0.2, 0) is 4.79 Å². The number of amides is 3. The third-order valence-electron chi connectivity index (χ3n) is 6.02. The maximum absolute atomic E-state index is 13.0. The Kier molecular flexibility index (Phi) is 8.17. The predicted octanol–water partition coefficient (Wildman–Crippen LogP) is 4.39. The molecule has 1 aliphatic heterocycles. The van der Waals surface area contributed by atoms with Gasteiger partial charge in [-0.05, 0) is 35.7 Å². The molecule has 3 aromatic rings. The van der Waals surface area contributed by atoms with E-state index in [0.29, 0.717) is 36.8 Å². The number of urea groups is 1. The summed E-state index contributed by atoms with van der Waals surface area (Å²) in [7, 11) is 0. The van der Waals surface area contributed by atoms with Gasteiger partial charge in [0.1, 0.15) is 0 Å². The van der Waals surface area contributed by atoms with Crippen LogP contribution in [0.5, 0.6) is 0 Å². The minimum atomic E-state index is -0.316. The van der Waals surface area contributed by atoms with E-state index in [1.807, 2.05) is 36.4 Å². The SMILES string of the molecule is O=C(Nc1cccc(Cl)c1)NC1CNC[C@@H](C(=O)NCC(c2ccccc2)c2ccccc2)C1. The van der Waals surface area contributed by atoms with Gasteiger partial charge in [-0.3, -0.25) is 4.79 Å². The highest BCUT2D eigenvalue weighted by atomic mass is 35.5. The molecular weight excluding hydrogens is 448 g/mol. The van der Waals surface area contributed by atoms with Crippen LogP contribution in [0, 0.1) is 5.92 Å². The third kappa shape index (κ3) is 6.59. The molecule has 7 heteroatoms. The van der Waals surface area contributed by atoms with Crippen molar-refractivity contribution >= 4 is 29.2 Å². The van der Waals surface area contributed by atoms with Gasteiger partial charge in [0.2, 0.25) is 5.91 Å². The molecule has 6 nitrogen and oxygen atoms in total. The van der Waals surface area contributed by atoms with Gasteiger partial charge in [0.15, 0.2) is 0 Å². The Hall–Kier alpha value is -3.35. The number of anilines is 1. The van der Waals surface area contributed by atoms with E-state index in [1.165, 1.54) is 0 Å². The fourth-order valence-electron chi connectivity index (χ4n) is 4.32. The molecule has 2 atom stereocenters. The molecule has 1 unspecified atom stereocenters. The monoisotopic (exact) mass is 476 g/mol. The summed E-state index contributed by atoms with van der Waals surface area (Å²) in [4.78, 5) is 25.4. The molecule has 1 aliphatic rings. The number of benzene rings is 3. The molecule has 1 heterocycles. The molecule has 4 N–H and O–H groups in total. The van der Waals surface area contributed by atoms with Crippen molar-refractivity contribution in [2.45, 2.75) is 18.4 Å². The number of carbonyl (C=O) groups is 2. The normalized spacial score (nSPS) is 17.7. The van der Waals surface area contributed by atoms with Gasteiger partial charge >= 0.3 is 6.03 Å². The molecule has 3 aromatic carbocycles. The van der Waals surface area contributed by atoms with E-state index in [4.69, 9.17) is 11.6 Å². The summed E-state index contributed by atoms with van der Waals surface area (Å²) < 4.78 is 0. The third-order valence-corrected chi connectivity index (χ3v) is 6.26. The second-order valence-electron chi connectivity index (χ2n) is 8.52. The molecule has 0 spiro atoms. The van der Waals surface area contributed by atoms with E-state index < -0.39 is 0 Å². The summed E-state index contributed by atoms with van der Waals surface area (Å²) in [6, 6.07) is 26.9. The second kappa shape index (κ2) is 11.7. The summed E-state index contributed by atoms with van der Waals surface area (Å²) in [5.74, 6) is -0.163. The Morgan fingerprint density at radius 1 is 0.912 bits per heavy atom. The zero-order chi connectivity index (χ0) is 23.8. The van der Waals surface area contributed by atoms with E-state index in [-0.39, 0.29) is 29.8 Å². The lowest BCUT2D eigenvalue weighted by Crippen LogP contribution is -2.53. The molecular formula is C27H29ClN4O2. The quantitative estimate of drug-likeness (QED) is 0.408. The molecule has 0 aromatic heterocycles. The van der Waals surface area contributed by atoms with Gasteiger partial charge in [-0.25, -0.2) is 4.79 Å². The van der Waals surface area contributed by atoms with Crippen LogP contribution in [0.2, 0.25) is 5.02 Å². The van der Waals surface area contributed by atoms with Crippen molar-refractivity contribution in [3.63, 3.8) is 0 Å². The lowest BCUT2D eigenvalue weighted by molar-refractivity contribution is -0.125. The minimum Gasteiger partial charge on any atom is -0.355 e. The molecule has 0 aliphatic carbocycles. The van der Waals surface area contributed by atoms with Gasteiger partial charge in [-0.1, -0.05) is 78.3 Å². The van der Waals surface area contributed by atoms with Crippen molar-refractivity contribution in [2.24, 2.45) is 5.92 Å². The van der Waals surface area contributed by atoms with E-state index in [0.717, 1.165) is 11.1 Å². The maximum atomic E-state index is 13.0. The lowest BCUT2D eigenvalue weighted by Gasteiger charge is -2.30. The molecule has 0 bridgehead atoms. The van der Waals surface area contributed by atoms with Gasteiger partial charge in [0.05, 0.1) is 5.92 Å². The minimum absolute atomic E-state index is 0.00823. The molecule has 34 heavy (non-hydrogen) atoms. The van der Waals surface area contributed by atoms with Gasteiger partial charge in [-0.2, -0.15) is 0 Å². The first-order valence-electron chi connectivity index (χ1n) is 11.5. The van der Waals surface area contributed by atoms with Crippen molar-refractivity contribution < 1.29 is 9.59 Å². The predicted molar refractivity (Wildman–Crippen MR) is 136 cm³/mol. The van der Waals surface area contributed by atoms with Gasteiger partial charge in [0, 0.05) is 42.3 Å². The second-order valence-corrected chi connectivity index (χ2v) is 8.95. The van der Waals surface area contributed by atoms with Gasteiger partial charge in [0.25, 0.3) is 0 Å². The number of hydrogen-bond acceptors (Lipinski definition) is 3. The van der Waals surface area contributed by atoms with Gasteiger partial charge in [-0.15, -0.1) is 0 Å². The van der Waals surface area contributed by atoms with Crippen LogP contribution in [0.1, 0.15) is 23.5 Å². The summed E-state index contributed by atoms with van der Waals surface area (Å²) in [6.45, 7) is 1.71.